The molecule has 0 radical (unpaired) electrons. The van der Waals surface area contributed by atoms with Crippen molar-refractivity contribution in [1.82, 2.24) is 10.3 Å². The predicted molar refractivity (Wildman–Crippen MR) is 61.8 cm³/mol. The molecular weight excluding hydrogens is 202 g/mol. The Morgan fingerprint density at radius 1 is 1.50 bits per heavy atom. The van der Waals surface area contributed by atoms with Gasteiger partial charge in [-0.05, 0) is 30.7 Å². The van der Waals surface area contributed by atoms with Crippen LogP contribution in [0.4, 0.5) is 0 Å². The smallest absolute Gasteiger partial charge is 0.140 e. The Hall–Kier alpha value is -1.44. The van der Waals surface area contributed by atoms with Crippen molar-refractivity contribution >= 4 is 0 Å². The average Bonchev–Trinajstić information content (AvgIpc) is 2.34. The highest BCUT2D eigenvalue weighted by Crippen LogP contribution is 2.02. The summed E-state index contributed by atoms with van der Waals surface area (Å²) < 4.78 is 5.47. The summed E-state index contributed by atoms with van der Waals surface area (Å²) in [6.45, 7) is 5.24. The number of rotatable bonds is 7. The van der Waals surface area contributed by atoms with Crippen LogP contribution in [0.2, 0.25) is 0 Å². The van der Waals surface area contributed by atoms with Crippen molar-refractivity contribution in [3.63, 3.8) is 0 Å². The number of ether oxygens (including phenoxy) is 1. The second kappa shape index (κ2) is 7.80. The minimum Gasteiger partial charge on any atom is -0.375 e. The molecule has 16 heavy (non-hydrogen) atoms. The van der Waals surface area contributed by atoms with Crippen LogP contribution in [-0.4, -0.2) is 24.7 Å². The van der Waals surface area contributed by atoms with Crippen LogP contribution in [0.5, 0.6) is 0 Å². The Labute approximate surface area is 96.3 Å². The largest absolute Gasteiger partial charge is 0.375 e. The summed E-state index contributed by atoms with van der Waals surface area (Å²) in [6.07, 6.45) is 2.77. The Balaban J connectivity index is 2.19. The van der Waals surface area contributed by atoms with Crippen LogP contribution >= 0.6 is 0 Å². The minimum atomic E-state index is 0.435. The first-order valence-corrected chi connectivity index (χ1v) is 5.50. The Bertz CT molecular complexity index is 346. The van der Waals surface area contributed by atoms with Crippen molar-refractivity contribution in [2.75, 3.05) is 19.7 Å². The Morgan fingerprint density at radius 3 is 3.12 bits per heavy atom. The number of nitrogens with zero attached hydrogens (tertiary/aromatic N) is 2. The summed E-state index contributed by atoms with van der Waals surface area (Å²) in [6, 6.07) is 5.62. The van der Waals surface area contributed by atoms with Crippen molar-refractivity contribution in [3.05, 3.63) is 29.6 Å². The van der Waals surface area contributed by atoms with Crippen LogP contribution in [0, 0.1) is 11.3 Å². The number of nitriles is 1. The van der Waals surface area contributed by atoms with E-state index in [-0.39, 0.29) is 0 Å². The highest BCUT2D eigenvalue weighted by atomic mass is 16.5. The minimum absolute atomic E-state index is 0.435. The normalized spacial score (nSPS) is 10.0. The van der Waals surface area contributed by atoms with E-state index in [9.17, 15) is 0 Å². The standard InChI is InChI=1S/C12H17N3O/c1-2-4-14-6-7-16-10-11-3-5-15-12(8-11)9-13/h3,5,8,14H,2,4,6-7,10H2,1H3. The van der Waals surface area contributed by atoms with Crippen LogP contribution in [0.25, 0.3) is 0 Å². The van der Waals surface area contributed by atoms with Crippen molar-refractivity contribution in [3.8, 4) is 6.07 Å². The maximum Gasteiger partial charge on any atom is 0.140 e. The average molecular weight is 219 g/mol. The van der Waals surface area contributed by atoms with Crippen molar-refractivity contribution in [1.29, 1.82) is 5.26 Å². The van der Waals surface area contributed by atoms with Gasteiger partial charge in [0.05, 0.1) is 13.2 Å². The number of hydrogen-bond donors (Lipinski definition) is 1. The molecule has 0 saturated carbocycles. The van der Waals surface area contributed by atoms with E-state index < -0.39 is 0 Å². The third-order valence-electron chi connectivity index (χ3n) is 2.06. The van der Waals surface area contributed by atoms with Crippen molar-refractivity contribution < 1.29 is 4.74 Å². The Kier molecular flexibility index (Phi) is 6.16. The molecule has 0 aliphatic heterocycles. The highest BCUT2D eigenvalue weighted by molar-refractivity contribution is 5.24. The fourth-order valence-corrected chi connectivity index (χ4v) is 1.26. The molecule has 0 fully saturated rings. The lowest BCUT2D eigenvalue weighted by Gasteiger charge is -2.05. The molecule has 4 nitrogen and oxygen atoms in total. The molecule has 0 amide bonds. The van der Waals surface area contributed by atoms with Gasteiger partial charge in [-0.3, -0.25) is 0 Å². The molecule has 0 spiro atoms. The summed E-state index contributed by atoms with van der Waals surface area (Å²) in [5, 5.41) is 11.9. The molecule has 0 bridgehead atoms. The summed E-state index contributed by atoms with van der Waals surface area (Å²) >= 11 is 0. The number of pyridine rings is 1. The molecule has 0 aromatic carbocycles. The third-order valence-corrected chi connectivity index (χ3v) is 2.06. The maximum atomic E-state index is 8.67. The van der Waals surface area contributed by atoms with Crippen LogP contribution in [0.3, 0.4) is 0 Å². The first kappa shape index (κ1) is 12.6. The fraction of sp³-hybridized carbons (Fsp3) is 0.500. The second-order valence-corrected chi connectivity index (χ2v) is 3.46. The number of aromatic nitrogens is 1. The van der Waals surface area contributed by atoms with Crippen LogP contribution < -0.4 is 5.32 Å². The van der Waals surface area contributed by atoms with E-state index >= 15 is 0 Å². The first-order chi connectivity index (χ1) is 7.86. The van der Waals surface area contributed by atoms with Gasteiger partial charge in [-0.15, -0.1) is 0 Å². The molecular formula is C12H17N3O. The molecule has 86 valence electrons. The zero-order valence-corrected chi connectivity index (χ0v) is 9.57. The van der Waals surface area contributed by atoms with Gasteiger partial charge in [-0.2, -0.15) is 5.26 Å². The third kappa shape index (κ3) is 4.87. The molecule has 4 heteroatoms. The van der Waals surface area contributed by atoms with Gasteiger partial charge < -0.3 is 10.1 Å². The summed E-state index contributed by atoms with van der Waals surface area (Å²) in [4.78, 5) is 3.90. The highest BCUT2D eigenvalue weighted by Gasteiger charge is 1.96. The van der Waals surface area contributed by atoms with Crippen molar-refractivity contribution in [2.45, 2.75) is 20.0 Å². The molecule has 1 N–H and O–H groups in total. The lowest BCUT2D eigenvalue weighted by atomic mass is 10.2. The zero-order chi connectivity index (χ0) is 11.6. The van der Waals surface area contributed by atoms with Gasteiger partial charge in [0.15, 0.2) is 0 Å². The topological polar surface area (TPSA) is 57.9 Å². The fourth-order valence-electron chi connectivity index (χ4n) is 1.26. The number of nitrogens with one attached hydrogen (secondary N) is 1. The van der Waals surface area contributed by atoms with Gasteiger partial charge in [-0.25, -0.2) is 4.98 Å². The first-order valence-electron chi connectivity index (χ1n) is 5.50. The van der Waals surface area contributed by atoms with Crippen LogP contribution in [0.15, 0.2) is 18.3 Å². The van der Waals surface area contributed by atoms with E-state index in [1.807, 2.05) is 12.1 Å². The van der Waals surface area contributed by atoms with E-state index in [0.29, 0.717) is 18.9 Å². The second-order valence-electron chi connectivity index (χ2n) is 3.46. The lowest BCUT2D eigenvalue weighted by Crippen LogP contribution is -2.20. The van der Waals surface area contributed by atoms with Gasteiger partial charge in [0.25, 0.3) is 0 Å². The summed E-state index contributed by atoms with van der Waals surface area (Å²) in [7, 11) is 0. The molecule has 0 aliphatic carbocycles. The Morgan fingerprint density at radius 2 is 2.38 bits per heavy atom. The summed E-state index contributed by atoms with van der Waals surface area (Å²) in [5.74, 6) is 0. The molecule has 0 aliphatic rings. The maximum absolute atomic E-state index is 8.67. The summed E-state index contributed by atoms with van der Waals surface area (Å²) in [5.41, 5.74) is 1.42. The van der Waals surface area contributed by atoms with E-state index in [4.69, 9.17) is 10.00 Å². The molecule has 1 aromatic heterocycles. The molecule has 1 aromatic rings. The van der Waals surface area contributed by atoms with E-state index in [1.54, 1.807) is 12.3 Å². The van der Waals surface area contributed by atoms with Gasteiger partial charge in [-0.1, -0.05) is 6.92 Å². The zero-order valence-electron chi connectivity index (χ0n) is 9.57. The SMILES string of the molecule is CCCNCCOCc1ccnc(C#N)c1. The van der Waals surface area contributed by atoms with Gasteiger partial charge in [0, 0.05) is 12.7 Å². The molecule has 0 saturated heterocycles. The molecule has 0 unspecified atom stereocenters. The van der Waals surface area contributed by atoms with Crippen molar-refractivity contribution in [2.24, 2.45) is 0 Å². The van der Waals surface area contributed by atoms with Gasteiger partial charge in [0.2, 0.25) is 0 Å². The van der Waals surface area contributed by atoms with Crippen LogP contribution in [-0.2, 0) is 11.3 Å². The van der Waals surface area contributed by atoms with Crippen LogP contribution in [0.1, 0.15) is 24.6 Å². The molecule has 1 rings (SSSR count). The molecule has 0 atom stereocenters. The quantitative estimate of drug-likeness (QED) is 0.705. The van der Waals surface area contributed by atoms with E-state index in [2.05, 4.69) is 17.2 Å². The monoisotopic (exact) mass is 219 g/mol. The van der Waals surface area contributed by atoms with E-state index in [0.717, 1.165) is 25.1 Å². The predicted octanol–water partition coefficient (Wildman–Crippen LogP) is 1.47. The number of hydrogen-bond acceptors (Lipinski definition) is 4. The van der Waals surface area contributed by atoms with Gasteiger partial charge in [0.1, 0.15) is 11.8 Å². The lowest BCUT2D eigenvalue weighted by molar-refractivity contribution is 0.123. The van der Waals surface area contributed by atoms with E-state index in [1.165, 1.54) is 0 Å². The molecule has 1 heterocycles. The van der Waals surface area contributed by atoms with Gasteiger partial charge >= 0.3 is 0 Å².